The van der Waals surface area contributed by atoms with Crippen LogP contribution in [0.3, 0.4) is 0 Å². The summed E-state index contributed by atoms with van der Waals surface area (Å²) < 4.78 is 13.0. The predicted molar refractivity (Wildman–Crippen MR) is 48.5 cm³/mol. The van der Waals surface area contributed by atoms with Crippen LogP contribution in [0, 0.1) is 17.1 Å². The maximum Gasteiger partial charge on any atom is 0.127 e. The van der Waals surface area contributed by atoms with Gasteiger partial charge in [0.1, 0.15) is 5.82 Å². The summed E-state index contributed by atoms with van der Waals surface area (Å²) in [6.45, 7) is 1.77. The van der Waals surface area contributed by atoms with Gasteiger partial charge in [-0.1, -0.05) is 0 Å². The van der Waals surface area contributed by atoms with E-state index >= 15 is 0 Å². The van der Waals surface area contributed by atoms with Crippen LogP contribution >= 0.6 is 12.6 Å². The zero-order valence-corrected chi connectivity index (χ0v) is 7.48. The van der Waals surface area contributed by atoms with Crippen LogP contribution in [0.2, 0.25) is 0 Å². The van der Waals surface area contributed by atoms with E-state index in [0.29, 0.717) is 11.1 Å². The molecule has 1 aromatic rings. The Labute approximate surface area is 76.2 Å². The Bertz CT molecular complexity index is 328. The van der Waals surface area contributed by atoms with Crippen LogP contribution in [-0.4, -0.2) is 0 Å². The Balaban J connectivity index is 3.19. The van der Waals surface area contributed by atoms with Gasteiger partial charge in [-0.05, 0) is 25.1 Å². The van der Waals surface area contributed by atoms with Crippen molar-refractivity contribution >= 4 is 12.6 Å². The number of thiol groups is 1. The van der Waals surface area contributed by atoms with E-state index < -0.39 is 0 Å². The molecule has 1 atom stereocenters. The average Bonchev–Trinajstić information content (AvgIpc) is 2.05. The fraction of sp³-hybridized carbons (Fsp3) is 0.222. The minimum atomic E-state index is -0.309. The van der Waals surface area contributed by atoms with Crippen molar-refractivity contribution in [1.29, 1.82) is 5.26 Å². The van der Waals surface area contributed by atoms with E-state index in [4.69, 9.17) is 5.26 Å². The smallest absolute Gasteiger partial charge is 0.127 e. The molecule has 62 valence electrons. The SMILES string of the molecule is CC(S)c1cc(C#N)ccc1F. The van der Waals surface area contributed by atoms with Crippen LogP contribution in [0.5, 0.6) is 0 Å². The van der Waals surface area contributed by atoms with Gasteiger partial charge in [-0.2, -0.15) is 17.9 Å². The number of hydrogen-bond acceptors (Lipinski definition) is 2. The normalized spacial score (nSPS) is 12.2. The summed E-state index contributed by atoms with van der Waals surface area (Å²) in [4.78, 5) is 0. The highest BCUT2D eigenvalue weighted by molar-refractivity contribution is 7.80. The topological polar surface area (TPSA) is 23.8 Å². The van der Waals surface area contributed by atoms with Gasteiger partial charge in [-0.3, -0.25) is 0 Å². The van der Waals surface area contributed by atoms with Crippen molar-refractivity contribution in [3.05, 3.63) is 35.1 Å². The first kappa shape index (κ1) is 9.08. The quantitative estimate of drug-likeness (QED) is 0.661. The van der Waals surface area contributed by atoms with Gasteiger partial charge in [0.2, 0.25) is 0 Å². The lowest BCUT2D eigenvalue weighted by Gasteiger charge is -2.05. The van der Waals surface area contributed by atoms with Gasteiger partial charge >= 0.3 is 0 Å². The lowest BCUT2D eigenvalue weighted by molar-refractivity contribution is 0.611. The van der Waals surface area contributed by atoms with E-state index in [1.54, 1.807) is 6.92 Å². The summed E-state index contributed by atoms with van der Waals surface area (Å²) >= 11 is 4.09. The highest BCUT2D eigenvalue weighted by atomic mass is 32.1. The van der Waals surface area contributed by atoms with E-state index in [-0.39, 0.29) is 11.1 Å². The van der Waals surface area contributed by atoms with E-state index in [9.17, 15) is 4.39 Å². The zero-order chi connectivity index (χ0) is 9.14. The standard InChI is InChI=1S/C9H8FNS/c1-6(12)8-4-7(5-11)2-3-9(8)10/h2-4,6,12H,1H3. The van der Waals surface area contributed by atoms with E-state index in [1.807, 2.05) is 6.07 Å². The fourth-order valence-corrected chi connectivity index (χ4v) is 1.13. The number of rotatable bonds is 1. The summed E-state index contributed by atoms with van der Waals surface area (Å²) in [6.07, 6.45) is 0. The molecule has 0 aliphatic rings. The Morgan fingerprint density at radius 3 is 2.75 bits per heavy atom. The van der Waals surface area contributed by atoms with Crippen molar-refractivity contribution in [3.8, 4) is 6.07 Å². The molecule has 0 saturated heterocycles. The van der Waals surface area contributed by atoms with E-state index in [0.717, 1.165) is 0 Å². The van der Waals surface area contributed by atoms with Crippen molar-refractivity contribution in [2.45, 2.75) is 12.2 Å². The average molecular weight is 181 g/mol. The lowest BCUT2D eigenvalue weighted by Crippen LogP contribution is -1.91. The summed E-state index contributed by atoms with van der Waals surface area (Å²) in [7, 11) is 0. The molecule has 1 unspecified atom stereocenters. The first-order valence-corrected chi connectivity index (χ1v) is 4.04. The Morgan fingerprint density at radius 1 is 1.58 bits per heavy atom. The Kier molecular flexibility index (Phi) is 2.72. The van der Waals surface area contributed by atoms with Crippen LogP contribution < -0.4 is 0 Å². The molecular weight excluding hydrogens is 173 g/mol. The molecule has 0 N–H and O–H groups in total. The third-order valence-corrected chi connectivity index (χ3v) is 1.85. The summed E-state index contributed by atoms with van der Waals surface area (Å²) in [5, 5.41) is 8.36. The molecule has 0 bridgehead atoms. The number of nitrogens with zero attached hydrogens (tertiary/aromatic N) is 1. The zero-order valence-electron chi connectivity index (χ0n) is 6.58. The Morgan fingerprint density at radius 2 is 2.25 bits per heavy atom. The molecule has 0 saturated carbocycles. The van der Waals surface area contributed by atoms with Gasteiger partial charge < -0.3 is 0 Å². The van der Waals surface area contributed by atoms with Crippen molar-refractivity contribution in [2.24, 2.45) is 0 Å². The van der Waals surface area contributed by atoms with E-state index in [2.05, 4.69) is 12.6 Å². The monoisotopic (exact) mass is 181 g/mol. The highest BCUT2D eigenvalue weighted by Crippen LogP contribution is 2.22. The largest absolute Gasteiger partial charge is 0.207 e. The van der Waals surface area contributed by atoms with Crippen LogP contribution in [0.1, 0.15) is 23.3 Å². The summed E-state index contributed by atoms with van der Waals surface area (Å²) in [5.74, 6) is -0.309. The number of hydrogen-bond donors (Lipinski definition) is 1. The molecule has 0 radical (unpaired) electrons. The van der Waals surface area contributed by atoms with Crippen LogP contribution in [0.15, 0.2) is 18.2 Å². The second kappa shape index (κ2) is 3.59. The molecule has 0 aromatic heterocycles. The molecule has 0 fully saturated rings. The maximum atomic E-state index is 13.0. The van der Waals surface area contributed by atoms with Gasteiger partial charge in [-0.25, -0.2) is 4.39 Å². The molecule has 1 rings (SSSR count). The van der Waals surface area contributed by atoms with Crippen LogP contribution in [-0.2, 0) is 0 Å². The minimum Gasteiger partial charge on any atom is -0.207 e. The minimum absolute atomic E-state index is 0.182. The van der Waals surface area contributed by atoms with Crippen molar-refractivity contribution in [1.82, 2.24) is 0 Å². The third kappa shape index (κ3) is 1.77. The number of nitriles is 1. The van der Waals surface area contributed by atoms with Gasteiger partial charge in [0.05, 0.1) is 11.6 Å². The molecule has 12 heavy (non-hydrogen) atoms. The summed E-state index contributed by atoms with van der Waals surface area (Å²) in [5.41, 5.74) is 0.935. The number of benzene rings is 1. The maximum absolute atomic E-state index is 13.0. The highest BCUT2D eigenvalue weighted by Gasteiger charge is 2.07. The van der Waals surface area contributed by atoms with Gasteiger partial charge in [0, 0.05) is 10.8 Å². The van der Waals surface area contributed by atoms with Crippen molar-refractivity contribution in [3.63, 3.8) is 0 Å². The molecule has 0 heterocycles. The molecule has 0 aliphatic carbocycles. The third-order valence-electron chi connectivity index (χ3n) is 1.58. The predicted octanol–water partition coefficient (Wildman–Crippen LogP) is 2.69. The van der Waals surface area contributed by atoms with Crippen molar-refractivity contribution < 1.29 is 4.39 Å². The van der Waals surface area contributed by atoms with Crippen LogP contribution in [0.25, 0.3) is 0 Å². The van der Waals surface area contributed by atoms with Crippen molar-refractivity contribution in [2.75, 3.05) is 0 Å². The Hall–Kier alpha value is -1.01. The molecule has 3 heteroatoms. The first-order valence-electron chi connectivity index (χ1n) is 3.52. The molecule has 0 spiro atoms. The molecule has 0 aliphatic heterocycles. The first-order chi connectivity index (χ1) is 5.65. The lowest BCUT2D eigenvalue weighted by atomic mass is 10.1. The molecule has 1 aromatic carbocycles. The molecular formula is C9H8FNS. The second-order valence-electron chi connectivity index (χ2n) is 2.52. The summed E-state index contributed by atoms with van der Waals surface area (Å²) in [6, 6.07) is 6.22. The fourth-order valence-electron chi connectivity index (χ4n) is 0.933. The second-order valence-corrected chi connectivity index (χ2v) is 3.30. The molecule has 0 amide bonds. The van der Waals surface area contributed by atoms with Gasteiger partial charge in [0.25, 0.3) is 0 Å². The van der Waals surface area contributed by atoms with E-state index in [1.165, 1.54) is 18.2 Å². The van der Waals surface area contributed by atoms with Gasteiger partial charge in [0.15, 0.2) is 0 Å². The molecule has 1 nitrogen and oxygen atoms in total. The van der Waals surface area contributed by atoms with Gasteiger partial charge in [-0.15, -0.1) is 0 Å². The number of halogens is 1. The van der Waals surface area contributed by atoms with Crippen LogP contribution in [0.4, 0.5) is 4.39 Å².